The quantitative estimate of drug-likeness (QED) is 0.696. The number of nitrogens with one attached hydrogen (secondary N) is 1. The van der Waals surface area contributed by atoms with Crippen molar-refractivity contribution < 1.29 is 4.74 Å². The molecule has 21 heavy (non-hydrogen) atoms. The first-order valence-corrected chi connectivity index (χ1v) is 9.20. The Labute approximate surface area is 131 Å². The van der Waals surface area contributed by atoms with Gasteiger partial charge in [-0.05, 0) is 56.5 Å². The number of hydrogen-bond acceptors (Lipinski definition) is 3. The Morgan fingerprint density at radius 3 is 2.71 bits per heavy atom. The zero-order chi connectivity index (χ0) is 15.0. The minimum Gasteiger partial charge on any atom is -0.384 e. The average molecular weight is 296 g/mol. The number of likely N-dealkylation sites (tertiary alicyclic amines) is 1. The van der Waals surface area contributed by atoms with Gasteiger partial charge in [0.05, 0.1) is 6.61 Å². The predicted octanol–water partition coefficient (Wildman–Crippen LogP) is 3.29. The summed E-state index contributed by atoms with van der Waals surface area (Å²) in [6.45, 7) is 9.47. The van der Waals surface area contributed by atoms with Crippen LogP contribution in [0.1, 0.15) is 58.3 Å². The lowest BCUT2D eigenvalue weighted by Gasteiger charge is -2.44. The number of hydrogen-bond donors (Lipinski definition) is 1. The first kappa shape index (κ1) is 17.2. The Morgan fingerprint density at radius 1 is 1.19 bits per heavy atom. The molecule has 0 spiro atoms. The molecule has 1 saturated carbocycles. The molecule has 1 saturated heterocycles. The van der Waals surface area contributed by atoms with Gasteiger partial charge in [0.1, 0.15) is 0 Å². The molecule has 2 aliphatic rings. The van der Waals surface area contributed by atoms with Crippen LogP contribution in [-0.4, -0.2) is 51.3 Å². The number of rotatable bonds is 8. The van der Waals surface area contributed by atoms with Gasteiger partial charge in [-0.25, -0.2) is 0 Å². The van der Waals surface area contributed by atoms with Gasteiger partial charge in [0, 0.05) is 26.7 Å². The SMILES string of the molecule is CCCNCC1(CN2CCCC(COC)C2)CCCCC1. The van der Waals surface area contributed by atoms with E-state index in [9.17, 15) is 0 Å². The summed E-state index contributed by atoms with van der Waals surface area (Å²) in [5, 5.41) is 3.72. The van der Waals surface area contributed by atoms with Crippen LogP contribution in [0.4, 0.5) is 0 Å². The van der Waals surface area contributed by atoms with Crippen molar-refractivity contribution >= 4 is 0 Å². The molecule has 0 bridgehead atoms. The fraction of sp³-hybridized carbons (Fsp3) is 1.00. The van der Waals surface area contributed by atoms with Gasteiger partial charge in [0.25, 0.3) is 0 Å². The summed E-state index contributed by atoms with van der Waals surface area (Å²) in [4.78, 5) is 2.74. The third kappa shape index (κ3) is 5.54. The molecule has 0 amide bonds. The highest BCUT2D eigenvalue weighted by Crippen LogP contribution is 2.37. The molecule has 1 unspecified atom stereocenters. The standard InChI is InChI=1S/C18H36N2O/c1-3-11-19-15-18(9-5-4-6-10-18)16-20-12-7-8-17(13-20)14-21-2/h17,19H,3-16H2,1-2H3. The molecule has 0 aromatic heterocycles. The molecule has 2 rings (SSSR count). The monoisotopic (exact) mass is 296 g/mol. The molecule has 0 radical (unpaired) electrons. The molecule has 3 nitrogen and oxygen atoms in total. The van der Waals surface area contributed by atoms with Crippen molar-refractivity contribution in [2.75, 3.05) is 46.4 Å². The fourth-order valence-electron chi connectivity index (χ4n) is 4.36. The largest absolute Gasteiger partial charge is 0.384 e. The van der Waals surface area contributed by atoms with E-state index in [1.54, 1.807) is 0 Å². The minimum atomic E-state index is 0.544. The Hall–Kier alpha value is -0.120. The summed E-state index contributed by atoms with van der Waals surface area (Å²) in [5.41, 5.74) is 0.544. The second-order valence-electron chi connectivity index (χ2n) is 7.44. The van der Waals surface area contributed by atoms with Gasteiger partial charge in [0.15, 0.2) is 0 Å². The Kier molecular flexibility index (Phi) is 7.48. The van der Waals surface area contributed by atoms with Crippen LogP contribution in [0.15, 0.2) is 0 Å². The van der Waals surface area contributed by atoms with E-state index in [0.717, 1.165) is 12.5 Å². The third-order valence-electron chi connectivity index (χ3n) is 5.41. The maximum Gasteiger partial charge on any atom is 0.0502 e. The van der Waals surface area contributed by atoms with Crippen LogP contribution in [0, 0.1) is 11.3 Å². The van der Waals surface area contributed by atoms with Crippen LogP contribution in [0.25, 0.3) is 0 Å². The molecule has 1 aliphatic heterocycles. The second-order valence-corrected chi connectivity index (χ2v) is 7.44. The van der Waals surface area contributed by atoms with E-state index in [4.69, 9.17) is 4.74 Å². The van der Waals surface area contributed by atoms with Crippen LogP contribution < -0.4 is 5.32 Å². The number of methoxy groups -OCH3 is 1. The average Bonchev–Trinajstić information content (AvgIpc) is 2.49. The Bertz CT molecular complexity index is 274. The highest BCUT2D eigenvalue weighted by Gasteiger charge is 2.34. The smallest absolute Gasteiger partial charge is 0.0502 e. The molecule has 1 aliphatic carbocycles. The summed E-state index contributed by atoms with van der Waals surface area (Å²) in [6, 6.07) is 0. The van der Waals surface area contributed by atoms with Crippen LogP contribution in [0.2, 0.25) is 0 Å². The van der Waals surface area contributed by atoms with Crippen molar-refractivity contribution in [2.45, 2.75) is 58.3 Å². The molecule has 0 aromatic carbocycles. The van der Waals surface area contributed by atoms with Gasteiger partial charge in [0.2, 0.25) is 0 Å². The van der Waals surface area contributed by atoms with E-state index < -0.39 is 0 Å². The number of piperidine rings is 1. The number of ether oxygens (including phenoxy) is 1. The Balaban J connectivity index is 1.87. The molecule has 1 atom stereocenters. The van der Waals surface area contributed by atoms with Crippen molar-refractivity contribution in [3.8, 4) is 0 Å². The van der Waals surface area contributed by atoms with Crippen molar-refractivity contribution in [3.05, 3.63) is 0 Å². The normalized spacial score (nSPS) is 26.9. The molecule has 1 N–H and O–H groups in total. The van der Waals surface area contributed by atoms with Gasteiger partial charge in [-0.3, -0.25) is 0 Å². The van der Waals surface area contributed by atoms with Crippen LogP contribution in [0.3, 0.4) is 0 Å². The molecule has 3 heteroatoms. The fourth-order valence-corrected chi connectivity index (χ4v) is 4.36. The maximum atomic E-state index is 5.39. The summed E-state index contributed by atoms with van der Waals surface area (Å²) < 4.78 is 5.39. The highest BCUT2D eigenvalue weighted by atomic mass is 16.5. The molecule has 2 fully saturated rings. The van der Waals surface area contributed by atoms with Gasteiger partial charge in [-0.2, -0.15) is 0 Å². The summed E-state index contributed by atoms with van der Waals surface area (Å²) in [6.07, 6.45) is 11.1. The van der Waals surface area contributed by atoms with E-state index in [1.165, 1.54) is 84.1 Å². The second kappa shape index (κ2) is 9.12. The molecule has 0 aromatic rings. The van der Waals surface area contributed by atoms with E-state index in [1.807, 2.05) is 7.11 Å². The molecular formula is C18H36N2O. The van der Waals surface area contributed by atoms with Crippen LogP contribution >= 0.6 is 0 Å². The first-order valence-electron chi connectivity index (χ1n) is 9.20. The van der Waals surface area contributed by atoms with Crippen molar-refractivity contribution in [3.63, 3.8) is 0 Å². The topological polar surface area (TPSA) is 24.5 Å². The summed E-state index contributed by atoms with van der Waals surface area (Å²) >= 11 is 0. The van der Waals surface area contributed by atoms with E-state index in [0.29, 0.717) is 5.41 Å². The van der Waals surface area contributed by atoms with Crippen molar-refractivity contribution in [1.82, 2.24) is 10.2 Å². The van der Waals surface area contributed by atoms with E-state index >= 15 is 0 Å². The number of nitrogens with zero attached hydrogens (tertiary/aromatic N) is 1. The van der Waals surface area contributed by atoms with E-state index in [-0.39, 0.29) is 0 Å². The summed E-state index contributed by atoms with van der Waals surface area (Å²) in [5.74, 6) is 0.757. The predicted molar refractivity (Wildman–Crippen MR) is 89.7 cm³/mol. The van der Waals surface area contributed by atoms with Gasteiger partial charge < -0.3 is 15.0 Å². The van der Waals surface area contributed by atoms with Gasteiger partial charge in [-0.1, -0.05) is 26.2 Å². The lowest BCUT2D eigenvalue weighted by molar-refractivity contribution is 0.0476. The molecule has 124 valence electrons. The third-order valence-corrected chi connectivity index (χ3v) is 5.41. The van der Waals surface area contributed by atoms with E-state index in [2.05, 4.69) is 17.1 Å². The Morgan fingerprint density at radius 2 is 2.00 bits per heavy atom. The van der Waals surface area contributed by atoms with Crippen molar-refractivity contribution in [2.24, 2.45) is 11.3 Å². The zero-order valence-corrected chi connectivity index (χ0v) is 14.3. The molecule has 1 heterocycles. The van der Waals surface area contributed by atoms with Crippen LogP contribution in [0.5, 0.6) is 0 Å². The first-order chi connectivity index (χ1) is 10.3. The summed E-state index contributed by atoms with van der Waals surface area (Å²) in [7, 11) is 1.84. The highest BCUT2D eigenvalue weighted by molar-refractivity contribution is 4.89. The minimum absolute atomic E-state index is 0.544. The lowest BCUT2D eigenvalue weighted by Crippen LogP contribution is -2.48. The van der Waals surface area contributed by atoms with Gasteiger partial charge in [-0.15, -0.1) is 0 Å². The van der Waals surface area contributed by atoms with Gasteiger partial charge >= 0.3 is 0 Å². The zero-order valence-electron chi connectivity index (χ0n) is 14.3. The molecular weight excluding hydrogens is 260 g/mol. The maximum absolute atomic E-state index is 5.39. The van der Waals surface area contributed by atoms with Crippen molar-refractivity contribution in [1.29, 1.82) is 0 Å². The lowest BCUT2D eigenvalue weighted by atomic mass is 9.73. The van der Waals surface area contributed by atoms with Crippen LogP contribution in [-0.2, 0) is 4.74 Å².